The minimum atomic E-state index is -3.14. The van der Waals surface area contributed by atoms with Crippen LogP contribution in [0.5, 0.6) is 0 Å². The molecule has 0 bridgehead atoms. The highest BCUT2D eigenvalue weighted by molar-refractivity contribution is 7.88. The molecule has 0 amide bonds. The molecule has 0 aliphatic carbocycles. The van der Waals surface area contributed by atoms with Crippen molar-refractivity contribution in [1.82, 2.24) is 48.9 Å². The second-order valence-electron chi connectivity index (χ2n) is 13.1. The lowest BCUT2D eigenvalue weighted by Gasteiger charge is -2.30. The maximum atomic E-state index is 13.5. The maximum Gasteiger partial charge on any atom is 0.224 e. The normalized spacial score (nSPS) is 16.3. The lowest BCUT2D eigenvalue weighted by Crippen LogP contribution is -2.42. The van der Waals surface area contributed by atoms with Crippen molar-refractivity contribution in [3.63, 3.8) is 0 Å². The summed E-state index contributed by atoms with van der Waals surface area (Å²) in [6.45, 7) is 2.12. The van der Waals surface area contributed by atoms with E-state index < -0.39 is 20.0 Å². The van der Waals surface area contributed by atoms with Crippen LogP contribution < -0.4 is 11.1 Å². The van der Waals surface area contributed by atoms with E-state index in [4.69, 9.17) is 17.3 Å². The number of aromatic nitrogens is 8. The summed E-state index contributed by atoms with van der Waals surface area (Å²) in [6, 6.07) is 12.7. The van der Waals surface area contributed by atoms with E-state index in [0.717, 1.165) is 12.8 Å². The highest BCUT2D eigenvalue weighted by atomic mass is 35.5. The minimum Gasteiger partial charge on any atom is -0.351 e. The molecule has 0 unspecified atom stereocenters. The van der Waals surface area contributed by atoms with Gasteiger partial charge in [0.1, 0.15) is 11.6 Å². The number of aromatic amines is 2. The van der Waals surface area contributed by atoms with Crippen LogP contribution in [0.2, 0.25) is 5.28 Å². The summed E-state index contributed by atoms with van der Waals surface area (Å²) in [5.41, 5.74) is 9.28. The molecule has 6 aromatic rings. The van der Waals surface area contributed by atoms with E-state index in [1.54, 1.807) is 36.7 Å². The monoisotopic (exact) mass is 816 g/mol. The van der Waals surface area contributed by atoms with Gasteiger partial charge in [0.15, 0.2) is 11.3 Å². The molecular weight excluding hydrogens is 778 g/mol. The van der Waals surface area contributed by atoms with E-state index in [9.17, 15) is 25.6 Å². The van der Waals surface area contributed by atoms with Gasteiger partial charge in [-0.2, -0.15) is 20.2 Å². The van der Waals surface area contributed by atoms with Gasteiger partial charge in [0.05, 0.1) is 34.7 Å². The van der Waals surface area contributed by atoms with Gasteiger partial charge >= 0.3 is 0 Å². The molecule has 2 aliphatic heterocycles. The largest absolute Gasteiger partial charge is 0.351 e. The number of hydrogen-bond acceptors (Lipinski definition) is 12. The average Bonchev–Trinajstić information content (AvgIpc) is 3.76. The molecule has 21 heteroatoms. The van der Waals surface area contributed by atoms with Crippen LogP contribution in [0.4, 0.5) is 14.7 Å². The summed E-state index contributed by atoms with van der Waals surface area (Å²) in [7, 11) is -6.12. The van der Waals surface area contributed by atoms with Gasteiger partial charge in [-0.3, -0.25) is 10.2 Å². The number of rotatable bonds is 6. The Morgan fingerprint density at radius 3 is 1.71 bits per heavy atom. The van der Waals surface area contributed by atoms with Gasteiger partial charge in [-0.15, -0.1) is 0 Å². The molecule has 8 rings (SSSR count). The Labute approximate surface area is 321 Å². The Hall–Kier alpha value is -4.73. The molecule has 0 radical (unpaired) electrons. The molecule has 2 fully saturated rings. The number of sulfonamides is 2. The molecule has 16 nitrogen and oxygen atoms in total. The molecule has 0 spiro atoms. The zero-order chi connectivity index (χ0) is 39.3. The van der Waals surface area contributed by atoms with Crippen molar-refractivity contribution in [2.75, 3.05) is 44.0 Å². The van der Waals surface area contributed by atoms with Crippen LogP contribution in [0.3, 0.4) is 0 Å². The van der Waals surface area contributed by atoms with Crippen molar-refractivity contribution in [2.24, 2.45) is 5.73 Å². The Bertz CT molecular complexity index is 2490. The molecule has 0 atom stereocenters. The first-order chi connectivity index (χ1) is 26.1. The molecule has 6 heterocycles. The van der Waals surface area contributed by atoms with E-state index in [0.29, 0.717) is 89.6 Å². The smallest absolute Gasteiger partial charge is 0.224 e. The molecule has 2 aromatic carbocycles. The molecule has 2 aliphatic rings. The van der Waals surface area contributed by atoms with Gasteiger partial charge < -0.3 is 11.1 Å². The first-order valence-electron chi connectivity index (χ1n) is 17.2. The molecular formula is C34H39ClF2N12O4S2. The summed E-state index contributed by atoms with van der Waals surface area (Å²) in [5, 5.41) is 18.7. The summed E-state index contributed by atoms with van der Waals surface area (Å²) in [6.07, 6.45) is 8.62. The first kappa shape index (κ1) is 39.9. The zero-order valence-electron chi connectivity index (χ0n) is 29.8. The number of nitrogens with zero attached hydrogens (tertiary/aromatic N) is 8. The minimum absolute atomic E-state index is 0.0991. The third kappa shape index (κ3) is 10.3. The Balaban J connectivity index is 0.000000156. The highest BCUT2D eigenvalue weighted by Gasteiger charge is 2.26. The Morgan fingerprint density at radius 2 is 1.22 bits per heavy atom. The molecule has 5 N–H and O–H groups in total. The number of halogens is 3. The molecule has 292 valence electrons. The van der Waals surface area contributed by atoms with Gasteiger partial charge in [0, 0.05) is 61.8 Å². The number of piperidine rings is 2. The van der Waals surface area contributed by atoms with Crippen molar-refractivity contribution >= 4 is 59.7 Å². The number of fused-ring (bicyclic) bond motifs is 2. The number of H-pyrrole nitrogens is 2. The number of hydrogen-bond donors (Lipinski definition) is 4. The van der Waals surface area contributed by atoms with Crippen LogP contribution >= 0.6 is 11.6 Å². The van der Waals surface area contributed by atoms with Crippen molar-refractivity contribution in [3.8, 4) is 22.5 Å². The third-order valence-electron chi connectivity index (χ3n) is 9.04. The standard InChI is InChI=1S/C17H19FN6O2S.C11H6ClFN4.C6H14N2O2S/c1-27(25,26)24-7-5-13(6-8-24)20-17-19-10-14-15(22-23-16(14)21-17)11-3-2-4-12(18)9-11;12-11-14-5-8-9(16-17-10(8)15-11)6-2-1-3-7(13)4-6;1-11(9,10)8-4-2-6(7)3-5-8/h2-4,9-10,13H,5-8H2,1H3,(H2,19,20,21,22,23);1-5H,(H,14,15,16,17);6H,2-5,7H2,1H3. The topological polar surface area (TPSA) is 222 Å². The second kappa shape index (κ2) is 17.0. The van der Waals surface area contributed by atoms with Crippen molar-refractivity contribution in [1.29, 1.82) is 0 Å². The van der Waals surface area contributed by atoms with Crippen LogP contribution in [-0.4, -0.2) is 117 Å². The SMILES string of the molecule is CS(=O)(=O)N1CCC(N)CC1.CS(=O)(=O)N1CCC(Nc2ncc3c(-c4cccc(F)c4)[nH]nc3n2)CC1.Fc1cccc(-c2[nH]nc3nc(Cl)ncc23)c1. The van der Waals surface area contributed by atoms with E-state index >= 15 is 0 Å². The number of anilines is 1. The lowest BCUT2D eigenvalue weighted by molar-refractivity contribution is 0.322. The van der Waals surface area contributed by atoms with Gasteiger partial charge in [-0.05, 0) is 61.5 Å². The number of benzene rings is 2. The summed E-state index contributed by atoms with van der Waals surface area (Å²) < 4.78 is 74.7. The quantitative estimate of drug-likeness (QED) is 0.174. The van der Waals surface area contributed by atoms with Crippen molar-refractivity contribution in [2.45, 2.75) is 37.8 Å². The zero-order valence-corrected chi connectivity index (χ0v) is 32.2. The Morgan fingerprint density at radius 1 is 0.745 bits per heavy atom. The molecule has 2 saturated heterocycles. The van der Waals surface area contributed by atoms with Crippen LogP contribution in [0.25, 0.3) is 44.6 Å². The average molecular weight is 817 g/mol. The van der Waals surface area contributed by atoms with Gasteiger partial charge in [0.2, 0.25) is 31.3 Å². The van der Waals surface area contributed by atoms with Crippen molar-refractivity contribution in [3.05, 3.63) is 77.8 Å². The van der Waals surface area contributed by atoms with Crippen LogP contribution in [0.1, 0.15) is 25.7 Å². The van der Waals surface area contributed by atoms with E-state index in [2.05, 4.69) is 45.6 Å². The van der Waals surface area contributed by atoms with Gasteiger partial charge in [-0.1, -0.05) is 24.3 Å². The fraction of sp³-hybridized carbons (Fsp3) is 0.353. The van der Waals surface area contributed by atoms with E-state index in [-0.39, 0.29) is 29.0 Å². The predicted molar refractivity (Wildman–Crippen MR) is 206 cm³/mol. The summed E-state index contributed by atoms with van der Waals surface area (Å²) in [5.74, 6) is -0.187. The van der Waals surface area contributed by atoms with Crippen molar-refractivity contribution < 1.29 is 25.6 Å². The fourth-order valence-electron chi connectivity index (χ4n) is 6.11. The van der Waals surface area contributed by atoms with E-state index in [1.807, 2.05) is 0 Å². The predicted octanol–water partition coefficient (Wildman–Crippen LogP) is 4.18. The number of nitrogens with one attached hydrogen (secondary N) is 3. The number of nitrogens with two attached hydrogens (primary N) is 1. The first-order valence-corrected chi connectivity index (χ1v) is 21.2. The molecule has 0 saturated carbocycles. The van der Waals surface area contributed by atoms with Gasteiger partial charge in [-0.25, -0.2) is 44.2 Å². The third-order valence-corrected chi connectivity index (χ3v) is 11.8. The highest BCUT2D eigenvalue weighted by Crippen LogP contribution is 2.27. The Kier molecular flexibility index (Phi) is 12.3. The van der Waals surface area contributed by atoms with Crippen LogP contribution in [0, 0.1) is 11.6 Å². The van der Waals surface area contributed by atoms with Crippen LogP contribution in [0.15, 0.2) is 60.9 Å². The molecule has 55 heavy (non-hydrogen) atoms. The van der Waals surface area contributed by atoms with Crippen LogP contribution in [-0.2, 0) is 20.0 Å². The lowest BCUT2D eigenvalue weighted by atomic mass is 10.1. The van der Waals surface area contributed by atoms with Gasteiger partial charge in [0.25, 0.3) is 0 Å². The fourth-order valence-corrected chi connectivity index (χ4v) is 7.98. The van der Waals surface area contributed by atoms with E-state index in [1.165, 1.54) is 45.4 Å². The maximum absolute atomic E-state index is 13.5. The summed E-state index contributed by atoms with van der Waals surface area (Å²) in [4.78, 5) is 16.6. The summed E-state index contributed by atoms with van der Waals surface area (Å²) >= 11 is 5.66. The second-order valence-corrected chi connectivity index (χ2v) is 17.4. The molecule has 4 aromatic heterocycles.